The molecule has 2 aromatic rings. The molecule has 0 aromatic carbocycles. The van der Waals surface area contributed by atoms with Crippen LogP contribution in [0.1, 0.15) is 0 Å². The maximum Gasteiger partial charge on any atom is 0.271 e. The largest absolute Gasteiger partial charge is 0.361 e. The lowest BCUT2D eigenvalue weighted by molar-refractivity contribution is 1.34. The van der Waals surface area contributed by atoms with E-state index in [4.69, 9.17) is 6.57 Å². The van der Waals surface area contributed by atoms with Gasteiger partial charge in [0.2, 0.25) is 5.65 Å². The fourth-order valence-electron chi connectivity index (χ4n) is 1.02. The third kappa shape index (κ3) is 0.990. The van der Waals surface area contributed by atoms with E-state index in [1.54, 1.807) is 6.07 Å². The van der Waals surface area contributed by atoms with Gasteiger partial charge in [-0.15, -0.1) is 4.98 Å². The second-order valence-corrected chi connectivity index (χ2v) is 3.17. The zero-order valence-corrected chi connectivity index (χ0v) is 7.59. The summed E-state index contributed by atoms with van der Waals surface area (Å²) in [7, 11) is 0. The van der Waals surface area contributed by atoms with E-state index >= 15 is 0 Å². The molecule has 2 rings (SSSR count). The van der Waals surface area contributed by atoms with Gasteiger partial charge in [-0.25, -0.2) is 0 Å². The maximum atomic E-state index is 6.76. The van der Waals surface area contributed by atoms with Gasteiger partial charge in [0.1, 0.15) is 0 Å². The Bertz CT molecular complexity index is 467. The fraction of sp³-hybridized carbons (Fsp3) is 0. The van der Waals surface area contributed by atoms with Crippen LogP contribution in [0.25, 0.3) is 15.9 Å². The van der Waals surface area contributed by atoms with Gasteiger partial charge in [0.05, 0.1) is 5.39 Å². The van der Waals surface area contributed by atoms with Gasteiger partial charge in [0.15, 0.2) is 0 Å². The van der Waals surface area contributed by atoms with Gasteiger partial charge in [0.25, 0.3) is 5.82 Å². The molecule has 0 saturated carbocycles. The van der Waals surface area contributed by atoms with Crippen molar-refractivity contribution in [3.05, 3.63) is 34.2 Å². The van der Waals surface area contributed by atoms with Gasteiger partial charge < -0.3 is 9.83 Å². The Morgan fingerprint density at radius 1 is 1.50 bits per heavy atom. The van der Waals surface area contributed by atoms with Crippen molar-refractivity contribution in [2.75, 3.05) is 0 Å². The van der Waals surface area contributed by atoms with E-state index in [0.29, 0.717) is 5.82 Å². The Kier molecular flexibility index (Phi) is 1.59. The van der Waals surface area contributed by atoms with Crippen LogP contribution < -0.4 is 0 Å². The van der Waals surface area contributed by atoms with Crippen LogP contribution in [-0.4, -0.2) is 9.97 Å². The lowest BCUT2D eigenvalue weighted by Crippen LogP contribution is -1.74. The van der Waals surface area contributed by atoms with Crippen LogP contribution in [0.2, 0.25) is 0 Å². The Labute approximate surface area is 77.4 Å². The SMILES string of the molecule is [C-]#[N+]c1ccc2c(Br)c[nH]c2n1. The molecule has 0 aliphatic rings. The van der Waals surface area contributed by atoms with Gasteiger partial charge >= 0.3 is 0 Å². The number of nitrogens with one attached hydrogen (secondary N) is 1. The van der Waals surface area contributed by atoms with Crippen LogP contribution >= 0.6 is 15.9 Å². The summed E-state index contributed by atoms with van der Waals surface area (Å²) in [4.78, 5) is 10.3. The molecule has 58 valence electrons. The summed E-state index contributed by atoms with van der Waals surface area (Å²) in [6, 6.07) is 3.57. The lowest BCUT2D eigenvalue weighted by Gasteiger charge is -1.87. The number of fused-ring (bicyclic) bond motifs is 1. The first-order valence-electron chi connectivity index (χ1n) is 3.32. The first-order chi connectivity index (χ1) is 5.81. The smallest absolute Gasteiger partial charge is 0.271 e. The highest BCUT2D eigenvalue weighted by Gasteiger charge is 2.04. The van der Waals surface area contributed by atoms with Crippen LogP contribution in [0, 0.1) is 6.57 Å². The number of H-pyrrole nitrogens is 1. The summed E-state index contributed by atoms with van der Waals surface area (Å²) >= 11 is 3.36. The van der Waals surface area contributed by atoms with Crippen LogP contribution in [0.15, 0.2) is 22.8 Å². The van der Waals surface area contributed by atoms with Crippen molar-refractivity contribution in [3.8, 4) is 0 Å². The summed E-state index contributed by atoms with van der Waals surface area (Å²) < 4.78 is 0.974. The van der Waals surface area contributed by atoms with Gasteiger partial charge in [-0.3, -0.25) is 0 Å². The van der Waals surface area contributed by atoms with Crippen LogP contribution in [-0.2, 0) is 0 Å². The molecule has 0 saturated heterocycles. The van der Waals surface area contributed by atoms with E-state index in [1.807, 2.05) is 12.3 Å². The number of pyridine rings is 1. The van der Waals surface area contributed by atoms with Crippen LogP contribution in [0.4, 0.5) is 5.82 Å². The minimum Gasteiger partial charge on any atom is -0.361 e. The number of aromatic amines is 1. The van der Waals surface area contributed by atoms with Crippen molar-refractivity contribution in [3.63, 3.8) is 0 Å². The molecule has 1 N–H and O–H groups in total. The first-order valence-corrected chi connectivity index (χ1v) is 4.11. The molecule has 0 amide bonds. The van der Waals surface area contributed by atoms with E-state index in [9.17, 15) is 0 Å². The molecule has 0 aliphatic carbocycles. The third-order valence-corrected chi connectivity index (χ3v) is 2.24. The Morgan fingerprint density at radius 2 is 2.33 bits per heavy atom. The fourth-order valence-corrected chi connectivity index (χ4v) is 1.46. The number of nitrogens with zero attached hydrogens (tertiary/aromatic N) is 2. The molecule has 2 heterocycles. The van der Waals surface area contributed by atoms with Gasteiger partial charge in [-0.05, 0) is 22.0 Å². The third-order valence-electron chi connectivity index (χ3n) is 1.59. The highest BCUT2D eigenvalue weighted by Crippen LogP contribution is 2.23. The molecule has 2 aromatic heterocycles. The predicted octanol–water partition coefficient (Wildman–Crippen LogP) is 2.88. The molecule has 4 heteroatoms. The predicted molar refractivity (Wildman–Crippen MR) is 50.1 cm³/mol. The molecule has 3 nitrogen and oxygen atoms in total. The topological polar surface area (TPSA) is 33.0 Å². The number of hydrogen-bond acceptors (Lipinski definition) is 1. The average Bonchev–Trinajstić information content (AvgIpc) is 2.47. The van der Waals surface area contributed by atoms with E-state index in [1.165, 1.54) is 0 Å². The van der Waals surface area contributed by atoms with Crippen molar-refractivity contribution in [2.24, 2.45) is 0 Å². The van der Waals surface area contributed by atoms with Crippen molar-refractivity contribution in [1.29, 1.82) is 0 Å². The Morgan fingerprint density at radius 3 is 3.08 bits per heavy atom. The van der Waals surface area contributed by atoms with Gasteiger partial charge in [-0.1, -0.05) is 12.6 Å². The quantitative estimate of drug-likeness (QED) is 0.683. The van der Waals surface area contributed by atoms with Crippen molar-refractivity contribution in [1.82, 2.24) is 9.97 Å². The number of hydrogen-bond donors (Lipinski definition) is 1. The summed E-state index contributed by atoms with van der Waals surface area (Å²) in [5, 5.41) is 1.00. The molecular weight excluding hydrogens is 218 g/mol. The van der Waals surface area contributed by atoms with E-state index < -0.39 is 0 Å². The summed E-state index contributed by atoms with van der Waals surface area (Å²) in [6.45, 7) is 6.76. The zero-order valence-electron chi connectivity index (χ0n) is 6.00. The molecule has 0 aliphatic heterocycles. The standard InChI is InChI=1S/C8H4BrN3/c1-10-7-3-2-5-6(9)4-11-8(5)12-7/h2-4H,(H,11,12). The minimum atomic E-state index is 0.414. The van der Waals surface area contributed by atoms with Crippen molar-refractivity contribution >= 4 is 32.8 Å². The summed E-state index contributed by atoms with van der Waals surface area (Å²) in [5.74, 6) is 0.414. The van der Waals surface area contributed by atoms with E-state index in [2.05, 4.69) is 30.7 Å². The van der Waals surface area contributed by atoms with Gasteiger partial charge in [0, 0.05) is 10.7 Å². The van der Waals surface area contributed by atoms with Crippen LogP contribution in [0.5, 0.6) is 0 Å². The Hall–Kier alpha value is -1.34. The molecule has 12 heavy (non-hydrogen) atoms. The maximum absolute atomic E-state index is 6.76. The highest BCUT2D eigenvalue weighted by atomic mass is 79.9. The van der Waals surface area contributed by atoms with E-state index in [-0.39, 0.29) is 0 Å². The van der Waals surface area contributed by atoms with Gasteiger partial charge in [-0.2, -0.15) is 0 Å². The molecular formula is C8H4BrN3. The molecule has 0 atom stereocenters. The second-order valence-electron chi connectivity index (χ2n) is 2.31. The molecule has 0 bridgehead atoms. The molecule has 0 fully saturated rings. The average molecular weight is 222 g/mol. The minimum absolute atomic E-state index is 0.414. The van der Waals surface area contributed by atoms with Crippen molar-refractivity contribution in [2.45, 2.75) is 0 Å². The summed E-state index contributed by atoms with van der Waals surface area (Å²) in [6.07, 6.45) is 1.81. The number of aromatic nitrogens is 2. The van der Waals surface area contributed by atoms with E-state index in [0.717, 1.165) is 15.5 Å². The highest BCUT2D eigenvalue weighted by molar-refractivity contribution is 9.10. The monoisotopic (exact) mass is 221 g/mol. The second kappa shape index (κ2) is 2.61. The molecule has 0 spiro atoms. The lowest BCUT2D eigenvalue weighted by atomic mass is 10.3. The summed E-state index contributed by atoms with van der Waals surface area (Å²) in [5.41, 5.74) is 0.746. The Balaban J connectivity index is 2.80. The van der Waals surface area contributed by atoms with Crippen LogP contribution in [0.3, 0.4) is 0 Å². The number of rotatable bonds is 0. The molecule has 0 radical (unpaired) electrons. The zero-order chi connectivity index (χ0) is 8.55. The van der Waals surface area contributed by atoms with Crippen molar-refractivity contribution < 1.29 is 0 Å². The molecule has 0 unspecified atom stereocenters. The number of halogens is 1. The normalized spacial score (nSPS) is 10.0. The first kappa shape index (κ1) is 7.32.